The number of ketones is 2. The molecule has 1 saturated heterocycles. The highest BCUT2D eigenvalue weighted by atomic mass is 19.1. The van der Waals surface area contributed by atoms with Crippen molar-refractivity contribution in [3.05, 3.63) is 30.0 Å². The number of aliphatic imine (C=N–C) groups is 1. The SMILES string of the molecule is CC(=O)c1cn(CC(=O)N2C[C@H](F)C[C@H]2C(C)=O)c2ccc(N=C=O)cc12. The number of isocyanates is 1. The van der Waals surface area contributed by atoms with Crippen LogP contribution in [0.15, 0.2) is 29.4 Å². The van der Waals surface area contributed by atoms with Crippen molar-refractivity contribution in [2.75, 3.05) is 6.54 Å². The Hall–Kier alpha value is -3.12. The minimum atomic E-state index is -1.22. The Morgan fingerprint density at radius 1 is 1.30 bits per heavy atom. The summed E-state index contributed by atoms with van der Waals surface area (Å²) < 4.78 is 15.3. The molecule has 2 atom stereocenters. The number of Topliss-reactive ketones (excluding diaryl/α,β-unsaturated/α-hetero) is 2. The molecular formula is C19H18FN3O4. The van der Waals surface area contributed by atoms with Crippen LogP contribution in [0.3, 0.4) is 0 Å². The van der Waals surface area contributed by atoms with Gasteiger partial charge in [0.25, 0.3) is 0 Å². The molecule has 0 aliphatic carbocycles. The number of benzene rings is 1. The summed E-state index contributed by atoms with van der Waals surface area (Å²) in [4.78, 5) is 51.6. The van der Waals surface area contributed by atoms with Gasteiger partial charge < -0.3 is 9.47 Å². The fourth-order valence-electron chi connectivity index (χ4n) is 3.50. The van der Waals surface area contributed by atoms with Gasteiger partial charge in [-0.15, -0.1) is 0 Å². The summed E-state index contributed by atoms with van der Waals surface area (Å²) in [6, 6.07) is 4.04. The van der Waals surface area contributed by atoms with Crippen LogP contribution in [0.1, 0.15) is 30.6 Å². The van der Waals surface area contributed by atoms with Crippen LogP contribution in [-0.2, 0) is 20.9 Å². The zero-order valence-corrected chi connectivity index (χ0v) is 14.9. The molecule has 1 aromatic carbocycles. The lowest BCUT2D eigenvalue weighted by Gasteiger charge is -2.22. The fraction of sp³-hybridized carbons (Fsp3) is 0.368. The molecule has 1 aromatic heterocycles. The van der Waals surface area contributed by atoms with E-state index in [-0.39, 0.29) is 31.1 Å². The topological polar surface area (TPSA) is 88.8 Å². The number of fused-ring (bicyclic) bond motifs is 1. The van der Waals surface area contributed by atoms with Gasteiger partial charge in [0, 0.05) is 29.1 Å². The van der Waals surface area contributed by atoms with Crippen LogP contribution < -0.4 is 0 Å². The molecule has 0 radical (unpaired) electrons. The van der Waals surface area contributed by atoms with Gasteiger partial charge in [-0.1, -0.05) is 0 Å². The van der Waals surface area contributed by atoms with E-state index in [1.807, 2.05) is 0 Å². The van der Waals surface area contributed by atoms with E-state index in [1.165, 1.54) is 24.8 Å². The van der Waals surface area contributed by atoms with Crippen molar-refractivity contribution in [1.29, 1.82) is 0 Å². The number of hydrogen-bond acceptors (Lipinski definition) is 5. The molecule has 8 heteroatoms. The molecule has 1 amide bonds. The Kier molecular flexibility index (Phi) is 5.01. The first-order valence-electron chi connectivity index (χ1n) is 8.47. The van der Waals surface area contributed by atoms with E-state index in [0.717, 1.165) is 0 Å². The highest BCUT2D eigenvalue weighted by Gasteiger charge is 2.38. The Morgan fingerprint density at radius 3 is 2.67 bits per heavy atom. The number of likely N-dealkylation sites (tertiary alicyclic amines) is 1. The highest BCUT2D eigenvalue weighted by molar-refractivity contribution is 6.08. The van der Waals surface area contributed by atoms with Crippen molar-refractivity contribution in [2.24, 2.45) is 4.99 Å². The van der Waals surface area contributed by atoms with Gasteiger partial charge in [-0.05, 0) is 32.0 Å². The van der Waals surface area contributed by atoms with E-state index in [2.05, 4.69) is 4.99 Å². The minimum absolute atomic E-state index is 0.0131. The van der Waals surface area contributed by atoms with E-state index < -0.39 is 18.1 Å². The lowest BCUT2D eigenvalue weighted by Crippen LogP contribution is -2.41. The van der Waals surface area contributed by atoms with Gasteiger partial charge in [-0.25, -0.2) is 9.18 Å². The minimum Gasteiger partial charge on any atom is -0.337 e. The van der Waals surface area contributed by atoms with Crippen molar-refractivity contribution in [3.63, 3.8) is 0 Å². The first-order valence-corrected chi connectivity index (χ1v) is 8.47. The Balaban J connectivity index is 1.97. The van der Waals surface area contributed by atoms with Crippen LogP contribution >= 0.6 is 0 Å². The number of nitrogens with zero attached hydrogens (tertiary/aromatic N) is 3. The van der Waals surface area contributed by atoms with Crippen molar-refractivity contribution < 1.29 is 23.6 Å². The van der Waals surface area contributed by atoms with Gasteiger partial charge in [-0.2, -0.15) is 4.99 Å². The van der Waals surface area contributed by atoms with E-state index >= 15 is 0 Å². The van der Waals surface area contributed by atoms with Gasteiger partial charge in [0.1, 0.15) is 12.7 Å². The Labute approximate surface area is 154 Å². The predicted molar refractivity (Wildman–Crippen MR) is 95.4 cm³/mol. The molecule has 140 valence electrons. The van der Waals surface area contributed by atoms with Crippen molar-refractivity contribution >= 4 is 40.1 Å². The summed E-state index contributed by atoms with van der Waals surface area (Å²) in [6.45, 7) is 2.50. The standard InChI is InChI=1S/C19H18FN3O4/c1-11(25)16-8-22(17-4-3-14(21-10-24)6-15(16)17)9-19(27)23-7-13(20)5-18(23)12(2)26/h3-4,6,8,13,18H,5,7,9H2,1-2H3/t13-,18+/m1/s1. The summed E-state index contributed by atoms with van der Waals surface area (Å²) in [5.74, 6) is -0.843. The Bertz CT molecular complexity index is 990. The highest BCUT2D eigenvalue weighted by Crippen LogP contribution is 2.28. The molecule has 0 bridgehead atoms. The molecule has 3 rings (SSSR count). The first kappa shape index (κ1) is 18.7. The lowest BCUT2D eigenvalue weighted by atomic mass is 10.1. The monoisotopic (exact) mass is 371 g/mol. The van der Waals surface area contributed by atoms with Crippen LogP contribution in [0.2, 0.25) is 0 Å². The normalized spacial score (nSPS) is 19.1. The summed E-state index contributed by atoms with van der Waals surface area (Å²) in [5.41, 5.74) is 1.34. The number of amides is 1. The van der Waals surface area contributed by atoms with Crippen LogP contribution in [0.25, 0.3) is 10.9 Å². The van der Waals surface area contributed by atoms with Crippen LogP contribution in [0.5, 0.6) is 0 Å². The second-order valence-corrected chi connectivity index (χ2v) is 6.64. The predicted octanol–water partition coefficient (Wildman–Crippen LogP) is 2.34. The van der Waals surface area contributed by atoms with E-state index in [4.69, 9.17) is 0 Å². The number of carbonyl (C=O) groups excluding carboxylic acids is 4. The maximum atomic E-state index is 13.7. The molecular weight excluding hydrogens is 353 g/mol. The largest absolute Gasteiger partial charge is 0.337 e. The van der Waals surface area contributed by atoms with Crippen LogP contribution in [-0.4, -0.2) is 51.8 Å². The quantitative estimate of drug-likeness (QED) is 0.458. The number of rotatable bonds is 5. The molecule has 2 aromatic rings. The number of alkyl halides is 1. The summed E-state index contributed by atoms with van der Waals surface area (Å²) in [7, 11) is 0. The summed E-state index contributed by atoms with van der Waals surface area (Å²) in [6.07, 6.45) is 1.79. The van der Waals surface area contributed by atoms with Crippen molar-refractivity contribution in [1.82, 2.24) is 9.47 Å². The molecule has 7 nitrogen and oxygen atoms in total. The molecule has 1 fully saturated rings. The van der Waals surface area contributed by atoms with Crippen molar-refractivity contribution in [3.8, 4) is 0 Å². The third-order valence-corrected chi connectivity index (χ3v) is 4.76. The van der Waals surface area contributed by atoms with Gasteiger partial charge in [0.2, 0.25) is 12.0 Å². The van der Waals surface area contributed by atoms with Crippen LogP contribution in [0.4, 0.5) is 10.1 Å². The molecule has 27 heavy (non-hydrogen) atoms. The number of aromatic nitrogens is 1. The third kappa shape index (κ3) is 3.57. The smallest absolute Gasteiger partial charge is 0.243 e. The third-order valence-electron chi connectivity index (χ3n) is 4.76. The van der Waals surface area contributed by atoms with Gasteiger partial charge in [-0.3, -0.25) is 14.4 Å². The molecule has 1 aliphatic heterocycles. The molecule has 2 heterocycles. The van der Waals surface area contributed by atoms with E-state index in [0.29, 0.717) is 22.2 Å². The first-order chi connectivity index (χ1) is 12.8. The van der Waals surface area contributed by atoms with Crippen LogP contribution in [0, 0.1) is 0 Å². The molecule has 0 saturated carbocycles. The van der Waals surface area contributed by atoms with Gasteiger partial charge in [0.15, 0.2) is 11.6 Å². The number of halogens is 1. The number of hydrogen-bond donors (Lipinski definition) is 0. The maximum absolute atomic E-state index is 13.7. The molecule has 0 N–H and O–H groups in total. The molecule has 0 unspecified atom stereocenters. The lowest BCUT2D eigenvalue weighted by molar-refractivity contribution is -0.137. The fourth-order valence-corrected chi connectivity index (χ4v) is 3.50. The van der Waals surface area contributed by atoms with Gasteiger partial charge in [0.05, 0.1) is 18.3 Å². The number of carbonyl (C=O) groups is 3. The zero-order chi connectivity index (χ0) is 19.7. The Morgan fingerprint density at radius 2 is 2.04 bits per heavy atom. The zero-order valence-electron chi connectivity index (χ0n) is 14.9. The van der Waals surface area contributed by atoms with Gasteiger partial charge >= 0.3 is 0 Å². The average Bonchev–Trinajstić information content (AvgIpc) is 3.16. The van der Waals surface area contributed by atoms with E-state index in [1.54, 1.807) is 29.0 Å². The molecule has 0 spiro atoms. The summed E-state index contributed by atoms with van der Waals surface area (Å²) in [5, 5.41) is 0.555. The molecule has 1 aliphatic rings. The maximum Gasteiger partial charge on any atom is 0.243 e. The second kappa shape index (κ2) is 7.25. The van der Waals surface area contributed by atoms with Crippen molar-refractivity contribution in [2.45, 2.75) is 39.0 Å². The second-order valence-electron chi connectivity index (χ2n) is 6.64. The average molecular weight is 371 g/mol. The summed E-state index contributed by atoms with van der Waals surface area (Å²) >= 11 is 0. The van der Waals surface area contributed by atoms with E-state index in [9.17, 15) is 23.6 Å².